The minimum Gasteiger partial charge on any atom is -0.348 e. The maximum atomic E-state index is 13.0. The van der Waals surface area contributed by atoms with Crippen LogP contribution in [0.15, 0.2) is 55.1 Å². The highest BCUT2D eigenvalue weighted by atomic mass is 16.2. The Bertz CT molecular complexity index is 888. The quantitative estimate of drug-likeness (QED) is 0.761. The molecule has 0 saturated heterocycles. The summed E-state index contributed by atoms with van der Waals surface area (Å²) in [6.45, 7) is 2.73. The molecule has 0 aliphatic carbocycles. The van der Waals surface area contributed by atoms with Crippen molar-refractivity contribution in [3.8, 4) is 0 Å². The summed E-state index contributed by atoms with van der Waals surface area (Å²) in [7, 11) is 0. The van der Waals surface area contributed by atoms with E-state index in [-0.39, 0.29) is 12.1 Å². The summed E-state index contributed by atoms with van der Waals surface area (Å²) >= 11 is 0. The predicted molar refractivity (Wildman–Crippen MR) is 99.9 cm³/mol. The van der Waals surface area contributed by atoms with Crippen LogP contribution in [0.1, 0.15) is 35.5 Å². The molecule has 1 aliphatic heterocycles. The van der Waals surface area contributed by atoms with Gasteiger partial charge in [-0.3, -0.25) is 4.98 Å². The number of pyridine rings is 1. The van der Waals surface area contributed by atoms with Crippen LogP contribution in [-0.4, -0.2) is 32.4 Å². The van der Waals surface area contributed by atoms with Crippen molar-refractivity contribution < 1.29 is 4.79 Å². The van der Waals surface area contributed by atoms with Gasteiger partial charge >= 0.3 is 6.03 Å². The van der Waals surface area contributed by atoms with E-state index in [1.807, 2.05) is 41.3 Å². The van der Waals surface area contributed by atoms with E-state index in [9.17, 15) is 4.79 Å². The number of carbonyl (C=O) groups is 1. The lowest BCUT2D eigenvalue weighted by Crippen LogP contribution is -2.43. The molecule has 2 amide bonds. The summed E-state index contributed by atoms with van der Waals surface area (Å²) in [5.41, 5.74) is 4.97. The number of hydrogen-bond acceptors (Lipinski definition) is 3. The summed E-state index contributed by atoms with van der Waals surface area (Å²) < 4.78 is 0. The van der Waals surface area contributed by atoms with Gasteiger partial charge in [0, 0.05) is 36.7 Å². The Morgan fingerprint density at radius 2 is 2.15 bits per heavy atom. The van der Waals surface area contributed by atoms with Gasteiger partial charge < -0.3 is 15.2 Å². The Labute approximate surface area is 152 Å². The van der Waals surface area contributed by atoms with Crippen LogP contribution in [0.25, 0.3) is 0 Å². The molecule has 6 nitrogen and oxygen atoms in total. The van der Waals surface area contributed by atoms with Crippen molar-refractivity contribution >= 4 is 11.7 Å². The van der Waals surface area contributed by atoms with Gasteiger partial charge in [-0.15, -0.1) is 0 Å². The van der Waals surface area contributed by atoms with E-state index in [4.69, 9.17) is 0 Å². The number of imidazole rings is 1. The maximum Gasteiger partial charge on any atom is 0.322 e. The van der Waals surface area contributed by atoms with Crippen LogP contribution < -0.4 is 5.32 Å². The first-order valence-electron chi connectivity index (χ1n) is 8.85. The number of aromatic nitrogens is 3. The number of H-pyrrole nitrogens is 1. The van der Waals surface area contributed by atoms with Gasteiger partial charge in [-0.25, -0.2) is 9.78 Å². The summed E-state index contributed by atoms with van der Waals surface area (Å²) in [6.07, 6.45) is 6.96. The number of urea groups is 1. The number of aromatic amines is 1. The number of rotatable bonds is 3. The first-order chi connectivity index (χ1) is 12.8. The zero-order valence-corrected chi connectivity index (χ0v) is 14.6. The Morgan fingerprint density at radius 3 is 2.88 bits per heavy atom. The monoisotopic (exact) mass is 347 g/mol. The van der Waals surface area contributed by atoms with Crippen LogP contribution in [0.4, 0.5) is 10.5 Å². The van der Waals surface area contributed by atoms with Gasteiger partial charge in [0.25, 0.3) is 0 Å². The average molecular weight is 347 g/mol. The van der Waals surface area contributed by atoms with Crippen molar-refractivity contribution in [2.45, 2.75) is 25.8 Å². The third-order valence-electron chi connectivity index (χ3n) is 4.80. The third-order valence-corrected chi connectivity index (χ3v) is 4.80. The summed E-state index contributed by atoms with van der Waals surface area (Å²) in [5, 5.41) is 3.01. The zero-order chi connectivity index (χ0) is 17.9. The number of benzene rings is 1. The van der Waals surface area contributed by atoms with E-state index < -0.39 is 0 Å². The van der Waals surface area contributed by atoms with E-state index in [0.29, 0.717) is 6.54 Å². The molecule has 0 fully saturated rings. The lowest BCUT2D eigenvalue weighted by molar-refractivity contribution is 0.192. The zero-order valence-electron chi connectivity index (χ0n) is 14.6. The van der Waals surface area contributed by atoms with Crippen LogP contribution >= 0.6 is 0 Å². The molecule has 4 rings (SSSR count). The summed E-state index contributed by atoms with van der Waals surface area (Å²) in [5.74, 6) is 0. The van der Waals surface area contributed by atoms with Gasteiger partial charge in [-0.2, -0.15) is 0 Å². The number of aryl methyl sites for hydroxylation is 1. The molecule has 26 heavy (non-hydrogen) atoms. The molecule has 6 heteroatoms. The Hall–Kier alpha value is -3.15. The van der Waals surface area contributed by atoms with E-state index in [1.165, 1.54) is 5.56 Å². The number of fused-ring (bicyclic) bond motifs is 1. The molecule has 3 aromatic rings. The number of anilines is 1. The van der Waals surface area contributed by atoms with Crippen molar-refractivity contribution in [3.63, 3.8) is 0 Å². The minimum atomic E-state index is -0.242. The van der Waals surface area contributed by atoms with E-state index in [1.54, 1.807) is 18.7 Å². The normalized spacial score (nSPS) is 16.2. The molecule has 1 aromatic carbocycles. The molecule has 1 atom stereocenters. The number of hydrogen-bond donors (Lipinski definition) is 2. The van der Waals surface area contributed by atoms with Gasteiger partial charge in [0.2, 0.25) is 0 Å². The van der Waals surface area contributed by atoms with Gasteiger partial charge in [-0.1, -0.05) is 25.1 Å². The smallest absolute Gasteiger partial charge is 0.322 e. The first kappa shape index (κ1) is 16.3. The van der Waals surface area contributed by atoms with E-state index in [0.717, 1.165) is 35.5 Å². The molecular formula is C20H21N5O. The average Bonchev–Trinajstić information content (AvgIpc) is 3.17. The minimum absolute atomic E-state index is 0.128. The van der Waals surface area contributed by atoms with Gasteiger partial charge in [0.1, 0.15) is 6.04 Å². The lowest BCUT2D eigenvalue weighted by atomic mass is 9.97. The number of carbonyl (C=O) groups excluding carboxylic acids is 1. The highest BCUT2D eigenvalue weighted by Gasteiger charge is 2.34. The highest BCUT2D eigenvalue weighted by molar-refractivity contribution is 5.90. The van der Waals surface area contributed by atoms with Crippen molar-refractivity contribution in [2.75, 3.05) is 11.9 Å². The van der Waals surface area contributed by atoms with Gasteiger partial charge in [-0.05, 0) is 35.7 Å². The molecule has 2 aromatic heterocycles. The molecule has 0 radical (unpaired) electrons. The second-order valence-electron chi connectivity index (χ2n) is 6.38. The SMILES string of the molecule is CCc1ccc(NC(=O)N2CCc3[nH]cnc3C2c2cccnc2)cc1. The second kappa shape index (κ2) is 7.00. The Morgan fingerprint density at radius 1 is 1.31 bits per heavy atom. The lowest BCUT2D eigenvalue weighted by Gasteiger charge is -2.35. The van der Waals surface area contributed by atoms with Crippen LogP contribution in [0.2, 0.25) is 0 Å². The third kappa shape index (κ3) is 3.06. The van der Waals surface area contributed by atoms with Crippen molar-refractivity contribution in [1.82, 2.24) is 19.9 Å². The maximum absolute atomic E-state index is 13.0. The van der Waals surface area contributed by atoms with Crippen LogP contribution in [0.3, 0.4) is 0 Å². The van der Waals surface area contributed by atoms with Crippen LogP contribution in [0, 0.1) is 0 Å². The van der Waals surface area contributed by atoms with E-state index >= 15 is 0 Å². The topological polar surface area (TPSA) is 73.9 Å². The molecule has 132 valence electrons. The predicted octanol–water partition coefficient (Wildman–Crippen LogP) is 3.55. The molecular weight excluding hydrogens is 326 g/mol. The number of amides is 2. The molecule has 3 heterocycles. The molecule has 2 N–H and O–H groups in total. The number of nitrogens with zero attached hydrogens (tertiary/aromatic N) is 3. The summed E-state index contributed by atoms with van der Waals surface area (Å²) in [4.78, 5) is 26.7. The van der Waals surface area contributed by atoms with Gasteiger partial charge in [0.15, 0.2) is 0 Å². The molecule has 0 spiro atoms. The second-order valence-corrected chi connectivity index (χ2v) is 6.38. The molecule has 1 unspecified atom stereocenters. The Kier molecular flexibility index (Phi) is 4.39. The fourth-order valence-corrected chi connectivity index (χ4v) is 3.39. The highest BCUT2D eigenvalue weighted by Crippen LogP contribution is 2.33. The standard InChI is InChI=1S/C20H21N5O/c1-2-14-5-7-16(8-6-14)24-20(26)25-11-9-17-18(23-13-22-17)19(25)15-4-3-10-21-12-15/h3-8,10,12-13,19H,2,9,11H2,1H3,(H,22,23)(H,24,26). The van der Waals surface area contributed by atoms with Crippen LogP contribution in [-0.2, 0) is 12.8 Å². The first-order valence-corrected chi connectivity index (χ1v) is 8.85. The fourth-order valence-electron chi connectivity index (χ4n) is 3.39. The Balaban J connectivity index is 1.62. The van der Waals surface area contributed by atoms with Crippen molar-refractivity contribution in [1.29, 1.82) is 0 Å². The largest absolute Gasteiger partial charge is 0.348 e. The van der Waals surface area contributed by atoms with E-state index in [2.05, 4.69) is 27.2 Å². The molecule has 0 bridgehead atoms. The van der Waals surface area contributed by atoms with Crippen LogP contribution in [0.5, 0.6) is 0 Å². The molecule has 0 saturated carbocycles. The molecule has 1 aliphatic rings. The summed E-state index contributed by atoms with van der Waals surface area (Å²) in [6, 6.07) is 11.5. The number of nitrogens with one attached hydrogen (secondary N) is 2. The fraction of sp³-hybridized carbons (Fsp3) is 0.250. The van der Waals surface area contributed by atoms with Crippen molar-refractivity contribution in [2.24, 2.45) is 0 Å². The van der Waals surface area contributed by atoms with Gasteiger partial charge in [0.05, 0.1) is 12.0 Å². The van der Waals surface area contributed by atoms with Crippen molar-refractivity contribution in [3.05, 3.63) is 77.6 Å².